The molecule has 1 aromatic rings. The van der Waals surface area contributed by atoms with Crippen molar-refractivity contribution in [2.75, 3.05) is 19.0 Å². The van der Waals surface area contributed by atoms with Crippen LogP contribution in [0.3, 0.4) is 0 Å². The zero-order chi connectivity index (χ0) is 20.6. The van der Waals surface area contributed by atoms with Crippen molar-refractivity contribution in [3.8, 4) is 0 Å². The average molecular weight is 407 g/mol. The summed E-state index contributed by atoms with van der Waals surface area (Å²) in [6.07, 6.45) is 3.35. The van der Waals surface area contributed by atoms with Crippen LogP contribution in [0.4, 0.5) is 9.80 Å². The first-order valence-corrected chi connectivity index (χ1v) is 10.1. The van der Waals surface area contributed by atoms with Crippen LogP contribution < -0.4 is 10.6 Å². The standard InChI is InChI=1S/C19H25N3O5S/c1-10-7-5-6-8-19(10)17(25)22(18(26)21-19)9-13(23)20-15-14(16(24)27-4)11(2)12(3)28-15/h10H,5-9H2,1-4H3,(H,20,23)(H,21,26)/t10-,19-/m0/s1. The summed E-state index contributed by atoms with van der Waals surface area (Å²) in [6, 6.07) is -0.541. The van der Waals surface area contributed by atoms with Crippen LogP contribution in [0, 0.1) is 19.8 Å². The van der Waals surface area contributed by atoms with Crippen LogP contribution in [0.2, 0.25) is 0 Å². The number of carbonyl (C=O) groups excluding carboxylic acids is 4. The lowest BCUT2D eigenvalue weighted by atomic mass is 9.73. The Bertz CT molecular complexity index is 849. The molecule has 0 radical (unpaired) electrons. The second kappa shape index (κ2) is 7.54. The van der Waals surface area contributed by atoms with Gasteiger partial charge in [-0.2, -0.15) is 0 Å². The van der Waals surface area contributed by atoms with Gasteiger partial charge in [0.2, 0.25) is 5.91 Å². The van der Waals surface area contributed by atoms with Gasteiger partial charge in [-0.25, -0.2) is 9.59 Å². The first-order chi connectivity index (χ1) is 13.2. The number of ether oxygens (including phenoxy) is 1. The lowest BCUT2D eigenvalue weighted by Crippen LogP contribution is -2.54. The summed E-state index contributed by atoms with van der Waals surface area (Å²) >= 11 is 1.26. The molecule has 152 valence electrons. The predicted octanol–water partition coefficient (Wildman–Crippen LogP) is 2.59. The van der Waals surface area contributed by atoms with E-state index in [9.17, 15) is 19.2 Å². The molecule has 1 saturated heterocycles. The van der Waals surface area contributed by atoms with E-state index in [2.05, 4.69) is 10.6 Å². The van der Waals surface area contributed by atoms with Crippen LogP contribution >= 0.6 is 11.3 Å². The summed E-state index contributed by atoms with van der Waals surface area (Å²) in [5.74, 6) is -1.39. The van der Waals surface area contributed by atoms with Gasteiger partial charge in [0.15, 0.2) is 0 Å². The molecule has 4 amide bonds. The van der Waals surface area contributed by atoms with Crippen molar-refractivity contribution in [3.05, 3.63) is 16.0 Å². The van der Waals surface area contributed by atoms with Crippen LogP contribution in [-0.4, -0.2) is 47.9 Å². The molecule has 1 aromatic heterocycles. The Morgan fingerprint density at radius 1 is 1.32 bits per heavy atom. The van der Waals surface area contributed by atoms with Crippen LogP contribution in [0.15, 0.2) is 0 Å². The quantitative estimate of drug-likeness (QED) is 0.590. The van der Waals surface area contributed by atoms with Crippen LogP contribution in [0.1, 0.15) is 53.4 Å². The maximum Gasteiger partial charge on any atom is 0.341 e. The topological polar surface area (TPSA) is 105 Å². The number of rotatable bonds is 4. The van der Waals surface area contributed by atoms with E-state index in [0.717, 1.165) is 34.6 Å². The summed E-state index contributed by atoms with van der Waals surface area (Å²) in [5.41, 5.74) is 0.133. The van der Waals surface area contributed by atoms with Crippen LogP contribution in [0.5, 0.6) is 0 Å². The molecule has 0 unspecified atom stereocenters. The third-order valence-electron chi connectivity index (χ3n) is 5.83. The third kappa shape index (κ3) is 3.28. The Morgan fingerprint density at radius 2 is 2.04 bits per heavy atom. The SMILES string of the molecule is COC(=O)c1c(NC(=O)CN2C(=O)N[C@]3(CCCC[C@@H]3C)C2=O)sc(C)c1C. The van der Waals surface area contributed by atoms with Crippen LogP contribution in [-0.2, 0) is 14.3 Å². The molecule has 3 rings (SSSR count). The molecule has 0 aromatic carbocycles. The number of nitrogens with one attached hydrogen (secondary N) is 2. The number of nitrogens with zero attached hydrogens (tertiary/aromatic N) is 1. The number of anilines is 1. The van der Waals surface area contributed by atoms with Crippen molar-refractivity contribution in [3.63, 3.8) is 0 Å². The molecule has 2 N–H and O–H groups in total. The van der Waals surface area contributed by atoms with E-state index in [1.807, 2.05) is 13.8 Å². The number of carbonyl (C=O) groups is 4. The second-order valence-electron chi connectivity index (χ2n) is 7.47. The minimum absolute atomic E-state index is 0.0271. The first kappa shape index (κ1) is 20.3. The normalized spacial score (nSPS) is 24.4. The number of thiophene rings is 1. The lowest BCUT2D eigenvalue weighted by Gasteiger charge is -2.36. The minimum Gasteiger partial charge on any atom is -0.465 e. The number of hydrogen-bond acceptors (Lipinski definition) is 6. The largest absolute Gasteiger partial charge is 0.465 e. The zero-order valence-corrected chi connectivity index (χ0v) is 17.3. The Labute approximate surface area is 167 Å². The summed E-state index contributed by atoms with van der Waals surface area (Å²) in [4.78, 5) is 51.8. The molecule has 1 spiro atoms. The van der Waals surface area contributed by atoms with E-state index in [-0.39, 0.29) is 11.8 Å². The van der Waals surface area contributed by atoms with E-state index >= 15 is 0 Å². The molecule has 1 aliphatic heterocycles. The number of imide groups is 1. The van der Waals surface area contributed by atoms with Crippen molar-refractivity contribution in [1.82, 2.24) is 10.2 Å². The fraction of sp³-hybridized carbons (Fsp3) is 0.579. The van der Waals surface area contributed by atoms with E-state index in [4.69, 9.17) is 4.74 Å². The highest BCUT2D eigenvalue weighted by Gasteiger charge is 2.55. The molecular weight excluding hydrogens is 382 g/mol. The van der Waals surface area contributed by atoms with E-state index in [0.29, 0.717) is 17.0 Å². The molecule has 2 heterocycles. The molecule has 0 bridgehead atoms. The monoisotopic (exact) mass is 407 g/mol. The number of esters is 1. The van der Waals surface area contributed by atoms with Crippen molar-refractivity contribution in [1.29, 1.82) is 0 Å². The Kier molecular flexibility index (Phi) is 5.47. The number of amides is 4. The molecule has 2 atom stereocenters. The Balaban J connectivity index is 1.76. The number of methoxy groups -OCH3 is 1. The first-order valence-electron chi connectivity index (χ1n) is 9.33. The molecule has 9 heteroatoms. The summed E-state index contributed by atoms with van der Waals surface area (Å²) in [6.45, 7) is 5.18. The van der Waals surface area contributed by atoms with Crippen LogP contribution in [0.25, 0.3) is 0 Å². The van der Waals surface area contributed by atoms with E-state index in [1.54, 1.807) is 6.92 Å². The Morgan fingerprint density at radius 3 is 2.68 bits per heavy atom. The number of aryl methyl sites for hydroxylation is 1. The van der Waals surface area contributed by atoms with Gasteiger partial charge in [0.1, 0.15) is 17.1 Å². The number of urea groups is 1. The second-order valence-corrected chi connectivity index (χ2v) is 8.69. The highest BCUT2D eigenvalue weighted by atomic mass is 32.1. The maximum atomic E-state index is 13.0. The highest BCUT2D eigenvalue weighted by Crippen LogP contribution is 2.38. The van der Waals surface area contributed by atoms with Gasteiger partial charge in [-0.05, 0) is 38.2 Å². The van der Waals surface area contributed by atoms with E-state index < -0.39 is 30.0 Å². The molecule has 2 fully saturated rings. The highest BCUT2D eigenvalue weighted by molar-refractivity contribution is 7.16. The maximum absolute atomic E-state index is 13.0. The third-order valence-corrected chi connectivity index (χ3v) is 6.95. The van der Waals surface area contributed by atoms with Gasteiger partial charge in [0, 0.05) is 4.88 Å². The van der Waals surface area contributed by atoms with Gasteiger partial charge in [-0.1, -0.05) is 19.8 Å². The Hall–Kier alpha value is -2.42. The minimum atomic E-state index is -0.900. The molecule has 28 heavy (non-hydrogen) atoms. The molecule has 2 aliphatic rings. The van der Waals surface area contributed by atoms with Gasteiger partial charge in [0.25, 0.3) is 5.91 Å². The summed E-state index contributed by atoms with van der Waals surface area (Å²) in [7, 11) is 1.28. The predicted molar refractivity (Wildman–Crippen MR) is 104 cm³/mol. The lowest BCUT2D eigenvalue weighted by molar-refractivity contribution is -0.136. The summed E-state index contributed by atoms with van der Waals surface area (Å²) < 4.78 is 4.79. The average Bonchev–Trinajstić information content (AvgIpc) is 3.05. The fourth-order valence-corrected chi connectivity index (χ4v) is 5.08. The summed E-state index contributed by atoms with van der Waals surface area (Å²) in [5, 5.41) is 5.85. The fourth-order valence-electron chi connectivity index (χ4n) is 4.01. The molecular formula is C19H25N3O5S. The van der Waals surface area contributed by atoms with Crippen molar-refractivity contribution in [2.24, 2.45) is 5.92 Å². The zero-order valence-electron chi connectivity index (χ0n) is 16.5. The molecule has 8 nitrogen and oxygen atoms in total. The van der Waals surface area contributed by atoms with Gasteiger partial charge >= 0.3 is 12.0 Å². The van der Waals surface area contributed by atoms with Crippen molar-refractivity contribution in [2.45, 2.75) is 52.0 Å². The van der Waals surface area contributed by atoms with Gasteiger partial charge < -0.3 is 15.4 Å². The molecule has 1 saturated carbocycles. The van der Waals surface area contributed by atoms with Gasteiger partial charge in [0.05, 0.1) is 12.7 Å². The van der Waals surface area contributed by atoms with Crippen molar-refractivity contribution >= 4 is 40.2 Å². The number of hydrogen-bond donors (Lipinski definition) is 2. The molecule has 1 aliphatic carbocycles. The van der Waals surface area contributed by atoms with E-state index in [1.165, 1.54) is 18.4 Å². The van der Waals surface area contributed by atoms with Gasteiger partial charge in [-0.3, -0.25) is 14.5 Å². The van der Waals surface area contributed by atoms with Gasteiger partial charge in [-0.15, -0.1) is 11.3 Å². The smallest absolute Gasteiger partial charge is 0.341 e. The van der Waals surface area contributed by atoms with Crippen molar-refractivity contribution < 1.29 is 23.9 Å².